The number of ether oxygens (including phenoxy) is 2. The molecule has 3 heteroatoms. The molecule has 1 saturated heterocycles. The molecule has 2 aliphatic carbocycles. The van der Waals surface area contributed by atoms with Crippen LogP contribution in [0.3, 0.4) is 0 Å². The average Bonchev–Trinajstić information content (AvgIpc) is 2.85. The van der Waals surface area contributed by atoms with Crippen LogP contribution in [0.4, 0.5) is 0 Å². The van der Waals surface area contributed by atoms with Gasteiger partial charge in [0.1, 0.15) is 5.60 Å². The van der Waals surface area contributed by atoms with Crippen molar-refractivity contribution < 1.29 is 14.3 Å². The summed E-state index contributed by atoms with van der Waals surface area (Å²) in [6.07, 6.45) is 9.68. The van der Waals surface area contributed by atoms with Gasteiger partial charge in [-0.25, -0.2) is 4.79 Å². The van der Waals surface area contributed by atoms with E-state index in [-0.39, 0.29) is 17.7 Å². The number of methoxy groups -OCH3 is 1. The molecule has 0 aromatic rings. The number of esters is 1. The highest BCUT2D eigenvalue weighted by Gasteiger charge is 2.72. The highest BCUT2D eigenvalue weighted by atomic mass is 16.7. The van der Waals surface area contributed by atoms with Crippen LogP contribution in [-0.4, -0.2) is 24.8 Å². The molecule has 3 fully saturated rings. The smallest absolute Gasteiger partial charge is 0.338 e. The van der Waals surface area contributed by atoms with Crippen LogP contribution < -0.4 is 0 Å². The number of carbonyl (C=O) groups is 1. The predicted molar refractivity (Wildman–Crippen MR) is 59.0 cm³/mol. The fourth-order valence-corrected chi connectivity index (χ4v) is 4.17. The summed E-state index contributed by atoms with van der Waals surface area (Å²) in [5.41, 5.74) is 0.180. The normalized spacial score (nSPS) is 40.2. The lowest BCUT2D eigenvalue weighted by atomic mass is 9.63. The molecule has 2 saturated carbocycles. The first-order valence-electron chi connectivity index (χ1n) is 6.50. The minimum absolute atomic E-state index is 0.130. The molecule has 2 spiro atoms. The van der Waals surface area contributed by atoms with E-state index in [1.54, 1.807) is 0 Å². The topological polar surface area (TPSA) is 38.8 Å². The van der Waals surface area contributed by atoms with Crippen LogP contribution in [0.5, 0.6) is 0 Å². The lowest BCUT2D eigenvalue weighted by Crippen LogP contribution is -2.42. The number of fused-ring (bicyclic) bond motifs is 1. The Morgan fingerprint density at radius 2 is 1.69 bits per heavy atom. The molecule has 90 valence electrons. The van der Waals surface area contributed by atoms with E-state index in [9.17, 15) is 4.79 Å². The lowest BCUT2D eigenvalue weighted by molar-refractivity contribution is -0.142. The Hall–Kier alpha value is -0.570. The van der Waals surface area contributed by atoms with Gasteiger partial charge in [0, 0.05) is 5.41 Å². The fraction of sp³-hybridized carbons (Fsp3) is 0.923. The molecule has 3 aliphatic rings. The average molecular weight is 224 g/mol. The van der Waals surface area contributed by atoms with E-state index in [0.29, 0.717) is 5.41 Å². The molecule has 0 bridgehead atoms. The predicted octanol–water partition coefficient (Wildman–Crippen LogP) is 2.43. The van der Waals surface area contributed by atoms with Crippen molar-refractivity contribution in [3.05, 3.63) is 0 Å². The summed E-state index contributed by atoms with van der Waals surface area (Å²) in [5.74, 6) is -0.159. The largest absolute Gasteiger partial charge is 0.467 e. The number of carbonyl (C=O) groups excluding carboxylic acids is 1. The van der Waals surface area contributed by atoms with E-state index in [2.05, 4.69) is 0 Å². The van der Waals surface area contributed by atoms with Crippen LogP contribution >= 0.6 is 0 Å². The van der Waals surface area contributed by atoms with Crippen LogP contribution in [-0.2, 0) is 14.3 Å². The summed E-state index contributed by atoms with van der Waals surface area (Å²) in [6, 6.07) is 0. The summed E-state index contributed by atoms with van der Waals surface area (Å²) < 4.78 is 10.7. The van der Waals surface area contributed by atoms with Crippen molar-refractivity contribution in [3.8, 4) is 0 Å². The first-order valence-corrected chi connectivity index (χ1v) is 6.50. The molecule has 16 heavy (non-hydrogen) atoms. The van der Waals surface area contributed by atoms with Crippen molar-refractivity contribution in [2.45, 2.75) is 63.1 Å². The molecule has 0 radical (unpaired) electrons. The first kappa shape index (κ1) is 10.6. The molecule has 2 atom stereocenters. The van der Waals surface area contributed by atoms with Crippen LogP contribution in [0.2, 0.25) is 0 Å². The third-order valence-electron chi connectivity index (χ3n) is 5.02. The Morgan fingerprint density at radius 3 is 2.25 bits per heavy atom. The number of hydrogen-bond acceptors (Lipinski definition) is 3. The third-order valence-corrected chi connectivity index (χ3v) is 5.02. The quantitative estimate of drug-likeness (QED) is 0.507. The van der Waals surface area contributed by atoms with Gasteiger partial charge in [-0.1, -0.05) is 25.7 Å². The van der Waals surface area contributed by atoms with Gasteiger partial charge in [0.2, 0.25) is 0 Å². The Bertz CT molecular complexity index is 306. The molecule has 1 aliphatic heterocycles. The summed E-state index contributed by atoms with van der Waals surface area (Å²) in [6.45, 7) is 0. The minimum atomic E-state index is -0.254. The van der Waals surface area contributed by atoms with Crippen LogP contribution in [0, 0.1) is 5.41 Å². The van der Waals surface area contributed by atoms with E-state index < -0.39 is 0 Å². The molecule has 3 rings (SSSR count). The zero-order valence-corrected chi connectivity index (χ0v) is 9.96. The van der Waals surface area contributed by atoms with E-state index in [4.69, 9.17) is 9.47 Å². The summed E-state index contributed by atoms with van der Waals surface area (Å²) >= 11 is 0. The molecule has 0 N–H and O–H groups in total. The second-order valence-corrected chi connectivity index (χ2v) is 5.61. The zero-order valence-electron chi connectivity index (χ0n) is 9.96. The van der Waals surface area contributed by atoms with Crippen LogP contribution in [0.25, 0.3) is 0 Å². The molecular formula is C13H20O3. The van der Waals surface area contributed by atoms with Crippen molar-refractivity contribution in [1.29, 1.82) is 0 Å². The number of epoxide rings is 1. The highest BCUT2D eigenvalue weighted by Crippen LogP contribution is 2.65. The lowest BCUT2D eigenvalue weighted by Gasteiger charge is -2.40. The maximum atomic E-state index is 11.6. The Morgan fingerprint density at radius 1 is 1.12 bits per heavy atom. The van der Waals surface area contributed by atoms with Gasteiger partial charge in [0.25, 0.3) is 0 Å². The van der Waals surface area contributed by atoms with Crippen molar-refractivity contribution in [2.24, 2.45) is 5.41 Å². The van der Waals surface area contributed by atoms with Gasteiger partial charge in [-0.3, -0.25) is 0 Å². The maximum Gasteiger partial charge on any atom is 0.338 e. The Labute approximate surface area is 96.5 Å². The monoisotopic (exact) mass is 224 g/mol. The minimum Gasteiger partial charge on any atom is -0.467 e. The van der Waals surface area contributed by atoms with Crippen molar-refractivity contribution in [1.82, 2.24) is 0 Å². The molecular weight excluding hydrogens is 204 g/mol. The first-order chi connectivity index (χ1) is 7.74. The zero-order chi connectivity index (χ0) is 11.2. The second kappa shape index (κ2) is 3.46. The Balaban J connectivity index is 1.85. The summed E-state index contributed by atoms with van der Waals surface area (Å²) in [5, 5.41) is 0. The number of hydrogen-bond donors (Lipinski definition) is 0. The van der Waals surface area contributed by atoms with E-state index >= 15 is 0 Å². The molecule has 0 aromatic carbocycles. The van der Waals surface area contributed by atoms with Crippen molar-refractivity contribution in [2.75, 3.05) is 7.11 Å². The van der Waals surface area contributed by atoms with Crippen molar-refractivity contribution >= 4 is 5.97 Å². The SMILES string of the molecule is COC(=O)C1OC12CCCCC21CCCC1. The van der Waals surface area contributed by atoms with Gasteiger partial charge < -0.3 is 9.47 Å². The Kier molecular flexibility index (Phi) is 2.29. The van der Waals surface area contributed by atoms with E-state index in [1.165, 1.54) is 52.1 Å². The number of rotatable bonds is 1. The van der Waals surface area contributed by atoms with Gasteiger partial charge in [-0.2, -0.15) is 0 Å². The van der Waals surface area contributed by atoms with E-state index in [1.807, 2.05) is 0 Å². The maximum absolute atomic E-state index is 11.6. The highest BCUT2D eigenvalue weighted by molar-refractivity contribution is 5.79. The molecule has 0 amide bonds. The van der Waals surface area contributed by atoms with Gasteiger partial charge in [0.05, 0.1) is 7.11 Å². The molecule has 2 unspecified atom stereocenters. The summed E-state index contributed by atoms with van der Waals surface area (Å²) in [7, 11) is 1.46. The van der Waals surface area contributed by atoms with Gasteiger partial charge in [-0.15, -0.1) is 0 Å². The van der Waals surface area contributed by atoms with Crippen LogP contribution in [0.1, 0.15) is 51.4 Å². The van der Waals surface area contributed by atoms with Gasteiger partial charge in [-0.05, 0) is 25.7 Å². The van der Waals surface area contributed by atoms with Crippen LogP contribution in [0.15, 0.2) is 0 Å². The second-order valence-electron chi connectivity index (χ2n) is 5.61. The fourth-order valence-electron chi connectivity index (χ4n) is 4.17. The van der Waals surface area contributed by atoms with Crippen molar-refractivity contribution in [3.63, 3.8) is 0 Å². The van der Waals surface area contributed by atoms with E-state index in [0.717, 1.165) is 6.42 Å². The molecule has 1 heterocycles. The van der Waals surface area contributed by atoms with Gasteiger partial charge >= 0.3 is 5.97 Å². The molecule has 3 nitrogen and oxygen atoms in total. The third kappa shape index (κ3) is 1.21. The van der Waals surface area contributed by atoms with Gasteiger partial charge in [0.15, 0.2) is 6.10 Å². The standard InChI is InChI=1S/C13H20O3/c1-15-11(14)10-13(16-10)9-5-4-8-12(13)6-2-3-7-12/h10H,2-9H2,1H3. The summed E-state index contributed by atoms with van der Waals surface area (Å²) in [4.78, 5) is 11.6. The molecule has 0 aromatic heterocycles.